The van der Waals surface area contributed by atoms with Crippen LogP contribution in [-0.2, 0) is 25.9 Å². The molecule has 4 heteroatoms. The number of hydrogen-bond acceptors (Lipinski definition) is 3. The first-order chi connectivity index (χ1) is 16.1. The molecule has 0 fully saturated rings. The normalized spacial score (nSPS) is 13.5. The molecule has 4 nitrogen and oxygen atoms in total. The Morgan fingerprint density at radius 3 is 2.36 bits per heavy atom. The van der Waals surface area contributed by atoms with Crippen molar-refractivity contribution < 1.29 is 9.53 Å². The van der Waals surface area contributed by atoms with Crippen LogP contribution in [0, 0.1) is 0 Å². The summed E-state index contributed by atoms with van der Waals surface area (Å²) in [4.78, 5) is 15.0. The lowest BCUT2D eigenvalue weighted by Crippen LogP contribution is -2.30. The SMILES string of the molecule is CC(C)Oc1ccc(CCCNC(=O)c2ccc(CN3CCc4ccccc4C3)cc2)cc1. The lowest BCUT2D eigenvalue weighted by Gasteiger charge is -2.28. The van der Waals surface area contributed by atoms with Crippen molar-refractivity contribution in [3.05, 3.63) is 101 Å². The van der Waals surface area contributed by atoms with Crippen LogP contribution in [-0.4, -0.2) is 30.0 Å². The van der Waals surface area contributed by atoms with Gasteiger partial charge in [0.05, 0.1) is 6.10 Å². The van der Waals surface area contributed by atoms with E-state index < -0.39 is 0 Å². The van der Waals surface area contributed by atoms with Crippen molar-refractivity contribution in [1.29, 1.82) is 0 Å². The summed E-state index contributed by atoms with van der Waals surface area (Å²) in [6.45, 7) is 7.70. The Morgan fingerprint density at radius 2 is 1.64 bits per heavy atom. The average molecular weight is 443 g/mol. The fourth-order valence-corrected chi connectivity index (χ4v) is 4.31. The van der Waals surface area contributed by atoms with Crippen molar-refractivity contribution in [2.45, 2.75) is 52.3 Å². The van der Waals surface area contributed by atoms with Crippen LogP contribution < -0.4 is 10.1 Å². The van der Waals surface area contributed by atoms with Crippen LogP contribution in [0.15, 0.2) is 72.8 Å². The second-order valence-corrected chi connectivity index (χ2v) is 9.10. The van der Waals surface area contributed by atoms with Gasteiger partial charge in [-0.2, -0.15) is 0 Å². The summed E-state index contributed by atoms with van der Waals surface area (Å²) in [7, 11) is 0. The maximum absolute atomic E-state index is 12.5. The van der Waals surface area contributed by atoms with Gasteiger partial charge in [0, 0.05) is 31.7 Å². The molecule has 3 aromatic carbocycles. The number of carbonyl (C=O) groups excluding carboxylic acids is 1. The Bertz CT molecular complexity index is 1040. The molecule has 172 valence electrons. The molecular weight excluding hydrogens is 408 g/mol. The highest BCUT2D eigenvalue weighted by atomic mass is 16.5. The van der Waals surface area contributed by atoms with Gasteiger partial charge in [0.2, 0.25) is 0 Å². The van der Waals surface area contributed by atoms with Crippen LogP contribution in [0.5, 0.6) is 5.75 Å². The van der Waals surface area contributed by atoms with E-state index in [2.05, 4.69) is 58.7 Å². The Hall–Kier alpha value is -3.11. The van der Waals surface area contributed by atoms with Crippen LogP contribution in [0.1, 0.15) is 52.9 Å². The third-order valence-corrected chi connectivity index (χ3v) is 6.05. The molecule has 0 spiro atoms. The number of carbonyl (C=O) groups is 1. The standard InChI is InChI=1S/C29H34N2O2/c1-22(2)33-28-15-11-23(12-16-28)6-5-18-30-29(32)26-13-9-24(10-14-26)20-31-19-17-25-7-3-4-8-27(25)21-31/h3-4,7-16,22H,5-6,17-21H2,1-2H3,(H,30,32). The number of nitrogens with one attached hydrogen (secondary N) is 1. The molecule has 0 aliphatic carbocycles. The summed E-state index contributed by atoms with van der Waals surface area (Å²) < 4.78 is 5.68. The molecule has 0 unspecified atom stereocenters. The number of amides is 1. The molecular formula is C29H34N2O2. The summed E-state index contributed by atoms with van der Waals surface area (Å²) >= 11 is 0. The van der Waals surface area contributed by atoms with Crippen LogP contribution in [0.3, 0.4) is 0 Å². The summed E-state index contributed by atoms with van der Waals surface area (Å²) in [5.74, 6) is 0.893. The second-order valence-electron chi connectivity index (χ2n) is 9.10. The zero-order valence-corrected chi connectivity index (χ0v) is 19.7. The molecule has 33 heavy (non-hydrogen) atoms. The second kappa shape index (κ2) is 11.2. The summed E-state index contributed by atoms with van der Waals surface area (Å²) in [6.07, 6.45) is 3.12. The predicted molar refractivity (Wildman–Crippen MR) is 134 cm³/mol. The van der Waals surface area contributed by atoms with E-state index in [4.69, 9.17) is 4.74 Å². The molecule has 0 atom stereocenters. The number of rotatable bonds is 9. The van der Waals surface area contributed by atoms with Gasteiger partial charge in [-0.15, -0.1) is 0 Å². The van der Waals surface area contributed by atoms with Gasteiger partial charge in [-0.05, 0) is 79.6 Å². The van der Waals surface area contributed by atoms with Gasteiger partial charge in [-0.1, -0.05) is 48.5 Å². The minimum Gasteiger partial charge on any atom is -0.491 e. The summed E-state index contributed by atoms with van der Waals surface area (Å²) in [5, 5.41) is 3.04. The van der Waals surface area contributed by atoms with Crippen LogP contribution in [0.25, 0.3) is 0 Å². The van der Waals surface area contributed by atoms with Crippen molar-refractivity contribution in [3.8, 4) is 5.75 Å². The topological polar surface area (TPSA) is 41.6 Å². The van der Waals surface area contributed by atoms with Crippen LogP contribution >= 0.6 is 0 Å². The minimum absolute atomic E-state index is 0.00543. The van der Waals surface area contributed by atoms with E-state index in [1.54, 1.807) is 0 Å². The van der Waals surface area contributed by atoms with Gasteiger partial charge in [0.1, 0.15) is 5.75 Å². The van der Waals surface area contributed by atoms with E-state index in [9.17, 15) is 4.79 Å². The first kappa shape index (κ1) is 23.1. The smallest absolute Gasteiger partial charge is 0.251 e. The van der Waals surface area contributed by atoms with Gasteiger partial charge < -0.3 is 10.1 Å². The van der Waals surface area contributed by atoms with E-state index in [0.717, 1.165) is 50.2 Å². The van der Waals surface area contributed by atoms with Gasteiger partial charge in [-0.3, -0.25) is 9.69 Å². The molecule has 1 heterocycles. The van der Waals surface area contributed by atoms with Crippen LogP contribution in [0.2, 0.25) is 0 Å². The number of benzene rings is 3. The molecule has 1 aliphatic heterocycles. The monoisotopic (exact) mass is 442 g/mol. The van der Waals surface area contributed by atoms with E-state index in [0.29, 0.717) is 6.54 Å². The molecule has 0 bridgehead atoms. The molecule has 0 radical (unpaired) electrons. The Morgan fingerprint density at radius 1 is 0.939 bits per heavy atom. The number of aryl methyl sites for hydroxylation is 1. The van der Waals surface area contributed by atoms with Crippen molar-refractivity contribution in [3.63, 3.8) is 0 Å². The number of ether oxygens (including phenoxy) is 1. The molecule has 3 aromatic rings. The van der Waals surface area contributed by atoms with Gasteiger partial charge in [0.15, 0.2) is 0 Å². The third kappa shape index (κ3) is 6.69. The first-order valence-corrected chi connectivity index (χ1v) is 12.0. The number of nitrogens with zero attached hydrogens (tertiary/aromatic N) is 1. The minimum atomic E-state index is -0.00543. The zero-order valence-electron chi connectivity index (χ0n) is 19.7. The predicted octanol–water partition coefficient (Wildman–Crippen LogP) is 5.39. The van der Waals surface area contributed by atoms with E-state index in [1.807, 2.05) is 38.1 Å². The lowest BCUT2D eigenvalue weighted by atomic mass is 9.99. The Labute approximate surface area is 197 Å². The van der Waals surface area contributed by atoms with Gasteiger partial charge in [-0.25, -0.2) is 0 Å². The number of fused-ring (bicyclic) bond motifs is 1. The van der Waals surface area contributed by atoms with Gasteiger partial charge >= 0.3 is 0 Å². The van der Waals surface area contributed by atoms with E-state index in [1.165, 1.54) is 22.3 Å². The lowest BCUT2D eigenvalue weighted by molar-refractivity contribution is 0.0953. The number of hydrogen-bond donors (Lipinski definition) is 1. The molecule has 1 amide bonds. The largest absolute Gasteiger partial charge is 0.491 e. The molecule has 1 N–H and O–H groups in total. The highest BCUT2D eigenvalue weighted by Crippen LogP contribution is 2.20. The summed E-state index contributed by atoms with van der Waals surface area (Å²) in [5.41, 5.74) is 6.12. The van der Waals surface area contributed by atoms with E-state index >= 15 is 0 Å². The van der Waals surface area contributed by atoms with Crippen LogP contribution in [0.4, 0.5) is 0 Å². The molecule has 0 aromatic heterocycles. The van der Waals surface area contributed by atoms with Crippen molar-refractivity contribution in [2.75, 3.05) is 13.1 Å². The van der Waals surface area contributed by atoms with Gasteiger partial charge in [0.25, 0.3) is 5.91 Å². The molecule has 0 saturated heterocycles. The molecule has 0 saturated carbocycles. The summed E-state index contributed by atoms with van der Waals surface area (Å²) in [6, 6.07) is 25.0. The maximum atomic E-state index is 12.5. The third-order valence-electron chi connectivity index (χ3n) is 6.05. The zero-order chi connectivity index (χ0) is 23.0. The highest BCUT2D eigenvalue weighted by Gasteiger charge is 2.16. The first-order valence-electron chi connectivity index (χ1n) is 12.0. The quantitative estimate of drug-likeness (QED) is 0.452. The van der Waals surface area contributed by atoms with Crippen molar-refractivity contribution in [2.24, 2.45) is 0 Å². The highest BCUT2D eigenvalue weighted by molar-refractivity contribution is 5.94. The fourth-order valence-electron chi connectivity index (χ4n) is 4.31. The van der Waals surface area contributed by atoms with Crippen molar-refractivity contribution in [1.82, 2.24) is 10.2 Å². The van der Waals surface area contributed by atoms with E-state index in [-0.39, 0.29) is 12.0 Å². The Kier molecular flexibility index (Phi) is 7.79. The Balaban J connectivity index is 1.19. The van der Waals surface area contributed by atoms with Crippen molar-refractivity contribution >= 4 is 5.91 Å². The maximum Gasteiger partial charge on any atom is 0.251 e. The molecule has 4 rings (SSSR count). The fraction of sp³-hybridized carbons (Fsp3) is 0.345. The average Bonchev–Trinajstić information content (AvgIpc) is 2.83. The molecule has 1 aliphatic rings.